The number of nitrogens with zero attached hydrogens (tertiary/aromatic N) is 2. The summed E-state index contributed by atoms with van der Waals surface area (Å²) in [6.45, 7) is 3.39. The van der Waals surface area contributed by atoms with Gasteiger partial charge in [-0.15, -0.1) is 0 Å². The number of carbonyl (C=O) groups excluding carboxylic acids is 1. The molecule has 2 rings (SSSR count). The minimum Gasteiger partial charge on any atom is -0.367 e. The Morgan fingerprint density at radius 1 is 1.26 bits per heavy atom. The van der Waals surface area contributed by atoms with Crippen molar-refractivity contribution < 1.29 is 9.18 Å². The van der Waals surface area contributed by atoms with Gasteiger partial charge in [-0.2, -0.15) is 0 Å². The summed E-state index contributed by atoms with van der Waals surface area (Å²) >= 11 is 0. The molecule has 3 nitrogen and oxygen atoms in total. The number of hydrogen-bond donors (Lipinski definition) is 0. The van der Waals surface area contributed by atoms with Gasteiger partial charge < -0.3 is 4.90 Å². The van der Waals surface area contributed by atoms with Crippen LogP contribution in [0, 0.1) is 5.82 Å². The minimum absolute atomic E-state index is 0.371. The standard InChI is InChI=1S/C15H15FN2O/c1-2-18(10-12-5-7-17-8-6-12)15-4-3-14(16)9-13(15)11-19/h3-9,11H,2,10H2,1H3. The van der Waals surface area contributed by atoms with Crippen LogP contribution in [0.3, 0.4) is 0 Å². The first-order chi connectivity index (χ1) is 9.24. The fraction of sp³-hybridized carbons (Fsp3) is 0.200. The van der Waals surface area contributed by atoms with E-state index in [0.29, 0.717) is 18.4 Å². The van der Waals surface area contributed by atoms with Crippen molar-refractivity contribution in [1.29, 1.82) is 0 Å². The Morgan fingerprint density at radius 3 is 2.63 bits per heavy atom. The van der Waals surface area contributed by atoms with Crippen LogP contribution in [0.15, 0.2) is 42.7 Å². The largest absolute Gasteiger partial charge is 0.367 e. The minimum atomic E-state index is -0.397. The third-order valence-corrected chi connectivity index (χ3v) is 2.96. The topological polar surface area (TPSA) is 33.2 Å². The Hall–Kier alpha value is -2.23. The number of carbonyl (C=O) groups is 1. The maximum atomic E-state index is 13.1. The van der Waals surface area contributed by atoms with Gasteiger partial charge in [0.1, 0.15) is 5.82 Å². The van der Waals surface area contributed by atoms with Gasteiger partial charge in [-0.1, -0.05) is 0 Å². The molecule has 2 aromatic rings. The molecule has 0 N–H and O–H groups in total. The molecule has 0 spiro atoms. The van der Waals surface area contributed by atoms with Gasteiger partial charge in [0.15, 0.2) is 6.29 Å². The van der Waals surface area contributed by atoms with Crippen LogP contribution in [0.5, 0.6) is 0 Å². The van der Waals surface area contributed by atoms with E-state index in [1.54, 1.807) is 18.5 Å². The van der Waals surface area contributed by atoms with E-state index in [4.69, 9.17) is 0 Å². The van der Waals surface area contributed by atoms with Gasteiger partial charge in [-0.25, -0.2) is 4.39 Å². The van der Waals surface area contributed by atoms with E-state index in [1.165, 1.54) is 12.1 Å². The smallest absolute Gasteiger partial charge is 0.152 e. The highest BCUT2D eigenvalue weighted by molar-refractivity contribution is 5.84. The average Bonchev–Trinajstić information content (AvgIpc) is 2.46. The lowest BCUT2D eigenvalue weighted by molar-refractivity contribution is 0.112. The number of aromatic nitrogens is 1. The molecule has 0 amide bonds. The first-order valence-corrected chi connectivity index (χ1v) is 6.13. The van der Waals surface area contributed by atoms with Crippen LogP contribution in [-0.4, -0.2) is 17.8 Å². The highest BCUT2D eigenvalue weighted by Gasteiger charge is 2.11. The molecule has 0 aliphatic carbocycles. The van der Waals surface area contributed by atoms with Crippen LogP contribution >= 0.6 is 0 Å². The summed E-state index contributed by atoms with van der Waals surface area (Å²) in [5.74, 6) is -0.397. The van der Waals surface area contributed by atoms with Gasteiger partial charge in [0.2, 0.25) is 0 Å². The number of hydrogen-bond acceptors (Lipinski definition) is 3. The van der Waals surface area contributed by atoms with Crippen LogP contribution < -0.4 is 4.90 Å². The number of rotatable bonds is 5. The molecule has 0 atom stereocenters. The predicted octanol–water partition coefficient (Wildman–Crippen LogP) is 3.06. The van der Waals surface area contributed by atoms with Gasteiger partial charge >= 0.3 is 0 Å². The summed E-state index contributed by atoms with van der Waals surface area (Å²) in [6.07, 6.45) is 4.15. The van der Waals surface area contributed by atoms with Crippen LogP contribution in [0.2, 0.25) is 0 Å². The molecule has 0 radical (unpaired) electrons. The van der Waals surface area contributed by atoms with Gasteiger partial charge in [0, 0.05) is 36.7 Å². The molecule has 0 fully saturated rings. The summed E-state index contributed by atoms with van der Waals surface area (Å²) in [4.78, 5) is 17.0. The molecule has 19 heavy (non-hydrogen) atoms. The van der Waals surface area contributed by atoms with E-state index in [2.05, 4.69) is 4.98 Å². The Morgan fingerprint density at radius 2 is 2.00 bits per heavy atom. The molecular weight excluding hydrogens is 243 g/mol. The molecule has 1 aromatic carbocycles. The van der Waals surface area contributed by atoms with Crippen LogP contribution in [-0.2, 0) is 6.54 Å². The molecule has 98 valence electrons. The van der Waals surface area contributed by atoms with Gasteiger partial charge in [0.05, 0.1) is 0 Å². The van der Waals surface area contributed by atoms with Crippen molar-refractivity contribution in [3.05, 3.63) is 59.7 Å². The zero-order valence-corrected chi connectivity index (χ0v) is 10.7. The van der Waals surface area contributed by atoms with Crippen LogP contribution in [0.4, 0.5) is 10.1 Å². The SMILES string of the molecule is CCN(Cc1ccncc1)c1ccc(F)cc1C=O. The monoisotopic (exact) mass is 258 g/mol. The predicted molar refractivity (Wildman–Crippen MR) is 72.7 cm³/mol. The van der Waals surface area contributed by atoms with E-state index in [9.17, 15) is 9.18 Å². The second kappa shape index (κ2) is 6.09. The molecule has 0 unspecified atom stereocenters. The molecule has 0 saturated carbocycles. The first kappa shape index (κ1) is 13.2. The van der Waals surface area contributed by atoms with E-state index >= 15 is 0 Å². The fourth-order valence-electron chi connectivity index (χ4n) is 1.98. The first-order valence-electron chi connectivity index (χ1n) is 6.13. The maximum Gasteiger partial charge on any atom is 0.152 e. The normalized spacial score (nSPS) is 10.2. The Balaban J connectivity index is 2.29. The highest BCUT2D eigenvalue weighted by atomic mass is 19.1. The van der Waals surface area contributed by atoms with Crippen molar-refractivity contribution in [2.24, 2.45) is 0 Å². The van der Waals surface area contributed by atoms with Gasteiger partial charge in [0.25, 0.3) is 0 Å². The lowest BCUT2D eigenvalue weighted by atomic mass is 10.1. The summed E-state index contributed by atoms with van der Waals surface area (Å²) < 4.78 is 13.1. The molecule has 0 saturated heterocycles. The van der Waals surface area contributed by atoms with Crippen LogP contribution in [0.25, 0.3) is 0 Å². The zero-order chi connectivity index (χ0) is 13.7. The van der Waals surface area contributed by atoms with Crippen molar-refractivity contribution in [2.45, 2.75) is 13.5 Å². The Labute approximate surface area is 111 Å². The number of aldehydes is 1. The van der Waals surface area contributed by atoms with E-state index < -0.39 is 5.82 Å². The zero-order valence-electron chi connectivity index (χ0n) is 10.7. The average molecular weight is 258 g/mol. The number of halogens is 1. The third-order valence-electron chi connectivity index (χ3n) is 2.96. The van der Waals surface area contributed by atoms with Crippen molar-refractivity contribution in [3.63, 3.8) is 0 Å². The van der Waals surface area contributed by atoms with Gasteiger partial charge in [-0.3, -0.25) is 9.78 Å². The second-order valence-electron chi connectivity index (χ2n) is 4.19. The van der Waals surface area contributed by atoms with Gasteiger partial charge in [-0.05, 0) is 42.8 Å². The number of benzene rings is 1. The van der Waals surface area contributed by atoms with E-state index in [-0.39, 0.29) is 0 Å². The van der Waals surface area contributed by atoms with Crippen molar-refractivity contribution in [2.75, 3.05) is 11.4 Å². The quantitative estimate of drug-likeness (QED) is 0.773. The molecule has 1 aromatic heterocycles. The summed E-state index contributed by atoms with van der Waals surface area (Å²) in [5, 5.41) is 0. The molecule has 1 heterocycles. The third kappa shape index (κ3) is 3.16. The van der Waals surface area contributed by atoms with E-state index in [1.807, 2.05) is 24.0 Å². The Bertz CT molecular complexity index is 557. The fourth-order valence-corrected chi connectivity index (χ4v) is 1.98. The van der Waals surface area contributed by atoms with Crippen molar-refractivity contribution >= 4 is 12.0 Å². The summed E-state index contributed by atoms with van der Waals surface area (Å²) in [7, 11) is 0. The summed E-state index contributed by atoms with van der Waals surface area (Å²) in [5.41, 5.74) is 2.21. The summed E-state index contributed by atoms with van der Waals surface area (Å²) in [6, 6.07) is 8.12. The van der Waals surface area contributed by atoms with Crippen LogP contribution in [0.1, 0.15) is 22.8 Å². The number of pyridine rings is 1. The van der Waals surface area contributed by atoms with Crippen molar-refractivity contribution in [1.82, 2.24) is 4.98 Å². The Kier molecular flexibility index (Phi) is 4.23. The lowest BCUT2D eigenvalue weighted by Gasteiger charge is -2.24. The molecule has 0 bridgehead atoms. The molecule has 0 aliphatic rings. The second-order valence-corrected chi connectivity index (χ2v) is 4.19. The highest BCUT2D eigenvalue weighted by Crippen LogP contribution is 2.22. The molecular formula is C15H15FN2O. The van der Waals surface area contributed by atoms with Crippen molar-refractivity contribution in [3.8, 4) is 0 Å². The lowest BCUT2D eigenvalue weighted by Crippen LogP contribution is -2.23. The maximum absolute atomic E-state index is 13.1. The molecule has 0 aliphatic heterocycles. The van der Waals surface area contributed by atoms with E-state index in [0.717, 1.165) is 17.8 Å². The number of anilines is 1. The molecule has 4 heteroatoms.